The van der Waals surface area contributed by atoms with Crippen LogP contribution >= 0.6 is 0 Å². The lowest BCUT2D eigenvalue weighted by Crippen LogP contribution is -2.20. The van der Waals surface area contributed by atoms with Crippen LogP contribution in [0.4, 0.5) is 0 Å². The predicted molar refractivity (Wildman–Crippen MR) is 81.5 cm³/mol. The topological polar surface area (TPSA) is 42.1 Å². The highest BCUT2D eigenvalue weighted by Crippen LogP contribution is 2.29. The molecule has 3 nitrogen and oxygen atoms in total. The highest BCUT2D eigenvalue weighted by molar-refractivity contribution is 5.86. The third kappa shape index (κ3) is 2.45. The maximum absolute atomic E-state index is 11.9. The van der Waals surface area contributed by atoms with Gasteiger partial charge in [-0.3, -0.25) is 4.79 Å². The largest absolute Gasteiger partial charge is 0.490 e. The van der Waals surface area contributed by atoms with E-state index in [-0.39, 0.29) is 5.56 Å². The van der Waals surface area contributed by atoms with Gasteiger partial charge in [0.15, 0.2) is 0 Å². The minimum absolute atomic E-state index is 0.0297. The molecule has 1 saturated carbocycles. The van der Waals surface area contributed by atoms with E-state index in [9.17, 15) is 4.79 Å². The summed E-state index contributed by atoms with van der Waals surface area (Å²) in [7, 11) is 0. The molecule has 1 aromatic heterocycles. The first-order chi connectivity index (χ1) is 9.65. The van der Waals surface area contributed by atoms with E-state index in [1.54, 1.807) is 6.20 Å². The quantitative estimate of drug-likeness (QED) is 0.901. The minimum Gasteiger partial charge on any atom is -0.490 e. The number of aryl methyl sites for hydroxylation is 2. The standard InChI is InChI=1S/C17H21NO2/c1-11-8-15-14(12(2)10-18-17(15)19)9-16(11)20-13-6-4-3-5-7-13/h8-10,13H,3-7H2,1-2H3,(H,18,19). The molecule has 0 radical (unpaired) electrons. The van der Waals surface area contributed by atoms with E-state index in [4.69, 9.17) is 4.74 Å². The van der Waals surface area contributed by atoms with E-state index in [1.807, 2.05) is 26.0 Å². The van der Waals surface area contributed by atoms with Gasteiger partial charge in [-0.25, -0.2) is 0 Å². The number of ether oxygens (including phenoxy) is 1. The first kappa shape index (κ1) is 13.2. The summed E-state index contributed by atoms with van der Waals surface area (Å²) in [4.78, 5) is 14.7. The average Bonchev–Trinajstić information content (AvgIpc) is 2.46. The van der Waals surface area contributed by atoms with Crippen molar-refractivity contribution in [2.24, 2.45) is 0 Å². The van der Waals surface area contributed by atoms with Crippen LogP contribution in [0.5, 0.6) is 5.75 Å². The van der Waals surface area contributed by atoms with Gasteiger partial charge in [-0.15, -0.1) is 0 Å². The number of H-pyrrole nitrogens is 1. The molecule has 20 heavy (non-hydrogen) atoms. The molecule has 1 N–H and O–H groups in total. The number of rotatable bonds is 2. The van der Waals surface area contributed by atoms with E-state index in [1.165, 1.54) is 19.3 Å². The maximum atomic E-state index is 11.9. The molecule has 1 fully saturated rings. The molecule has 0 aliphatic heterocycles. The molecule has 1 aliphatic carbocycles. The zero-order valence-corrected chi connectivity index (χ0v) is 12.2. The Morgan fingerprint density at radius 3 is 2.55 bits per heavy atom. The monoisotopic (exact) mass is 271 g/mol. The first-order valence-electron chi connectivity index (χ1n) is 7.44. The van der Waals surface area contributed by atoms with Gasteiger partial charge in [0.25, 0.3) is 5.56 Å². The second kappa shape index (κ2) is 5.31. The van der Waals surface area contributed by atoms with Crippen LogP contribution in [0.15, 0.2) is 23.1 Å². The Morgan fingerprint density at radius 1 is 1.05 bits per heavy atom. The van der Waals surface area contributed by atoms with Crippen LogP contribution in [-0.4, -0.2) is 11.1 Å². The molecule has 3 rings (SSSR count). The Bertz CT molecular complexity index is 681. The predicted octanol–water partition coefficient (Wildman–Crippen LogP) is 3.86. The minimum atomic E-state index is -0.0297. The number of aromatic amines is 1. The Kier molecular flexibility index (Phi) is 3.51. The van der Waals surface area contributed by atoms with Gasteiger partial charge in [-0.05, 0) is 68.2 Å². The fourth-order valence-corrected chi connectivity index (χ4v) is 3.02. The summed E-state index contributed by atoms with van der Waals surface area (Å²) in [6.45, 7) is 4.03. The van der Waals surface area contributed by atoms with Crippen molar-refractivity contribution in [3.63, 3.8) is 0 Å². The van der Waals surface area contributed by atoms with E-state index in [2.05, 4.69) is 4.98 Å². The van der Waals surface area contributed by atoms with Gasteiger partial charge in [-0.2, -0.15) is 0 Å². The molecule has 0 bridgehead atoms. The van der Waals surface area contributed by atoms with Crippen LogP contribution in [-0.2, 0) is 0 Å². The lowest BCUT2D eigenvalue weighted by Gasteiger charge is -2.24. The number of benzene rings is 1. The molecule has 0 saturated heterocycles. The van der Waals surface area contributed by atoms with Gasteiger partial charge < -0.3 is 9.72 Å². The Labute approximate surface area is 119 Å². The third-order valence-electron chi connectivity index (χ3n) is 4.25. The molecule has 1 aliphatic rings. The van der Waals surface area contributed by atoms with Gasteiger partial charge >= 0.3 is 0 Å². The summed E-state index contributed by atoms with van der Waals surface area (Å²) in [6.07, 6.45) is 8.24. The van der Waals surface area contributed by atoms with E-state index in [0.717, 1.165) is 40.5 Å². The average molecular weight is 271 g/mol. The summed E-state index contributed by atoms with van der Waals surface area (Å²) in [5.41, 5.74) is 2.09. The molecule has 106 valence electrons. The fraction of sp³-hybridized carbons (Fsp3) is 0.471. The number of fused-ring (bicyclic) bond motifs is 1. The zero-order chi connectivity index (χ0) is 14.1. The van der Waals surface area contributed by atoms with Crippen molar-refractivity contribution in [2.45, 2.75) is 52.1 Å². The zero-order valence-electron chi connectivity index (χ0n) is 12.2. The smallest absolute Gasteiger partial charge is 0.255 e. The van der Waals surface area contributed by atoms with E-state index in [0.29, 0.717) is 6.10 Å². The van der Waals surface area contributed by atoms with Crippen molar-refractivity contribution in [1.82, 2.24) is 4.98 Å². The van der Waals surface area contributed by atoms with Crippen LogP contribution in [0, 0.1) is 13.8 Å². The Hall–Kier alpha value is -1.77. The molecule has 1 heterocycles. The van der Waals surface area contributed by atoms with Gasteiger partial charge in [0, 0.05) is 11.6 Å². The van der Waals surface area contributed by atoms with Crippen LogP contribution in [0.3, 0.4) is 0 Å². The van der Waals surface area contributed by atoms with Gasteiger partial charge in [-0.1, -0.05) is 6.42 Å². The van der Waals surface area contributed by atoms with Crippen molar-refractivity contribution in [1.29, 1.82) is 0 Å². The SMILES string of the molecule is Cc1cc2c(=O)[nH]cc(C)c2cc1OC1CCCCC1. The lowest BCUT2D eigenvalue weighted by atomic mass is 9.97. The molecule has 2 aromatic rings. The Balaban J connectivity index is 2.01. The summed E-state index contributed by atoms with van der Waals surface area (Å²) in [5, 5.41) is 1.74. The molecule has 0 unspecified atom stereocenters. The van der Waals surface area contributed by atoms with Crippen LogP contribution < -0.4 is 10.3 Å². The van der Waals surface area contributed by atoms with Crippen molar-refractivity contribution < 1.29 is 4.74 Å². The van der Waals surface area contributed by atoms with Crippen LogP contribution in [0.1, 0.15) is 43.2 Å². The number of hydrogen-bond acceptors (Lipinski definition) is 2. The molecule has 3 heteroatoms. The second-order valence-electron chi connectivity index (χ2n) is 5.84. The first-order valence-corrected chi connectivity index (χ1v) is 7.44. The fourth-order valence-electron chi connectivity index (χ4n) is 3.02. The van der Waals surface area contributed by atoms with Crippen LogP contribution in [0.2, 0.25) is 0 Å². The number of hydrogen-bond donors (Lipinski definition) is 1. The Morgan fingerprint density at radius 2 is 1.80 bits per heavy atom. The van der Waals surface area contributed by atoms with Gasteiger partial charge in [0.05, 0.1) is 6.10 Å². The summed E-state index contributed by atoms with van der Waals surface area (Å²) in [6, 6.07) is 3.98. The summed E-state index contributed by atoms with van der Waals surface area (Å²) < 4.78 is 6.18. The normalized spacial score (nSPS) is 16.5. The van der Waals surface area contributed by atoms with Gasteiger partial charge in [0.1, 0.15) is 5.75 Å². The van der Waals surface area contributed by atoms with Gasteiger partial charge in [0.2, 0.25) is 0 Å². The third-order valence-corrected chi connectivity index (χ3v) is 4.25. The van der Waals surface area contributed by atoms with Crippen LogP contribution in [0.25, 0.3) is 10.8 Å². The molecule has 1 aromatic carbocycles. The van der Waals surface area contributed by atoms with Crippen molar-refractivity contribution in [2.75, 3.05) is 0 Å². The second-order valence-corrected chi connectivity index (χ2v) is 5.84. The maximum Gasteiger partial charge on any atom is 0.255 e. The lowest BCUT2D eigenvalue weighted by molar-refractivity contribution is 0.154. The van der Waals surface area contributed by atoms with E-state index >= 15 is 0 Å². The highest BCUT2D eigenvalue weighted by Gasteiger charge is 2.16. The molecule has 0 spiro atoms. The number of pyridine rings is 1. The van der Waals surface area contributed by atoms with E-state index < -0.39 is 0 Å². The molecule has 0 atom stereocenters. The molecular formula is C17H21NO2. The van der Waals surface area contributed by atoms with Crippen molar-refractivity contribution in [3.8, 4) is 5.75 Å². The summed E-state index contributed by atoms with van der Waals surface area (Å²) in [5.74, 6) is 0.929. The van der Waals surface area contributed by atoms with Crippen molar-refractivity contribution >= 4 is 10.8 Å². The molecule has 0 amide bonds. The number of aromatic nitrogens is 1. The number of nitrogens with one attached hydrogen (secondary N) is 1. The summed E-state index contributed by atoms with van der Waals surface area (Å²) >= 11 is 0. The highest BCUT2D eigenvalue weighted by atomic mass is 16.5. The van der Waals surface area contributed by atoms with Crippen molar-refractivity contribution in [3.05, 3.63) is 39.8 Å². The molecular weight excluding hydrogens is 250 g/mol.